The van der Waals surface area contributed by atoms with Gasteiger partial charge in [-0.3, -0.25) is 4.40 Å². The number of aromatic nitrogens is 3. The fourth-order valence-electron chi connectivity index (χ4n) is 2.03. The molecule has 5 heteroatoms. The molecule has 0 amide bonds. The van der Waals surface area contributed by atoms with Crippen LogP contribution in [0.5, 0.6) is 0 Å². The Labute approximate surface area is 95.9 Å². The molecule has 15 heavy (non-hydrogen) atoms. The number of hydrogen-bond acceptors (Lipinski definition) is 3. The zero-order valence-corrected chi connectivity index (χ0v) is 9.74. The van der Waals surface area contributed by atoms with Gasteiger partial charge >= 0.3 is 0 Å². The Morgan fingerprint density at radius 2 is 2.47 bits per heavy atom. The summed E-state index contributed by atoms with van der Waals surface area (Å²) >= 11 is 3.58. The minimum absolute atomic E-state index is 0.388. The Bertz CT molecular complexity index is 487. The van der Waals surface area contributed by atoms with E-state index in [1.807, 2.05) is 10.5 Å². The number of nitrogens with zero attached hydrogens (tertiary/aromatic N) is 3. The van der Waals surface area contributed by atoms with Crippen molar-refractivity contribution in [3.8, 4) is 0 Å². The molecule has 0 aliphatic carbocycles. The van der Waals surface area contributed by atoms with Gasteiger partial charge in [0.15, 0.2) is 0 Å². The quantitative estimate of drug-likeness (QED) is 0.858. The van der Waals surface area contributed by atoms with Gasteiger partial charge in [0, 0.05) is 6.20 Å². The molecule has 3 heterocycles. The van der Waals surface area contributed by atoms with Gasteiger partial charge in [-0.25, -0.2) is 9.97 Å². The predicted molar refractivity (Wildman–Crippen MR) is 60.7 cm³/mol. The van der Waals surface area contributed by atoms with Crippen LogP contribution in [0.25, 0.3) is 5.65 Å². The van der Waals surface area contributed by atoms with E-state index in [1.54, 1.807) is 12.5 Å². The Hall–Kier alpha value is -0.940. The van der Waals surface area contributed by atoms with E-state index in [1.165, 1.54) is 6.42 Å². The van der Waals surface area contributed by atoms with Crippen LogP contribution in [0.4, 0.5) is 0 Å². The summed E-state index contributed by atoms with van der Waals surface area (Å²) < 4.78 is 2.99. The first-order valence-corrected chi connectivity index (χ1v) is 5.86. The number of nitrogens with one attached hydrogen (secondary N) is 1. The standard InChI is InChI=1S/C10H11BrN4/c11-10-9(7-2-1-4-13-7)14-8-3-5-12-6-15(8)10/h3,5-7,13H,1-2,4H2. The summed E-state index contributed by atoms with van der Waals surface area (Å²) in [7, 11) is 0. The lowest BCUT2D eigenvalue weighted by molar-refractivity contribution is 0.628. The molecular weight excluding hydrogens is 256 g/mol. The van der Waals surface area contributed by atoms with E-state index in [0.717, 1.165) is 28.9 Å². The van der Waals surface area contributed by atoms with Gasteiger partial charge in [0.1, 0.15) is 16.6 Å². The zero-order chi connectivity index (χ0) is 10.3. The van der Waals surface area contributed by atoms with Crippen molar-refractivity contribution in [1.29, 1.82) is 0 Å². The summed E-state index contributed by atoms with van der Waals surface area (Å²) in [5, 5.41) is 3.45. The van der Waals surface area contributed by atoms with Crippen molar-refractivity contribution in [2.45, 2.75) is 18.9 Å². The number of halogens is 1. The molecule has 1 aliphatic heterocycles. The average Bonchev–Trinajstić information content (AvgIpc) is 2.87. The Morgan fingerprint density at radius 1 is 1.53 bits per heavy atom. The molecule has 1 fully saturated rings. The van der Waals surface area contributed by atoms with Crippen molar-refractivity contribution in [2.75, 3.05) is 6.54 Å². The highest BCUT2D eigenvalue weighted by Crippen LogP contribution is 2.29. The maximum Gasteiger partial charge on any atom is 0.140 e. The van der Waals surface area contributed by atoms with E-state index >= 15 is 0 Å². The number of imidazole rings is 1. The lowest BCUT2D eigenvalue weighted by Gasteiger charge is -2.06. The van der Waals surface area contributed by atoms with Crippen molar-refractivity contribution in [2.24, 2.45) is 0 Å². The van der Waals surface area contributed by atoms with Crippen molar-refractivity contribution in [1.82, 2.24) is 19.7 Å². The predicted octanol–water partition coefficient (Wildman–Crippen LogP) is 1.92. The van der Waals surface area contributed by atoms with Gasteiger partial charge in [0.05, 0.1) is 11.7 Å². The summed E-state index contributed by atoms with van der Waals surface area (Å²) in [6, 6.07) is 2.31. The summed E-state index contributed by atoms with van der Waals surface area (Å²) in [4.78, 5) is 8.69. The van der Waals surface area contributed by atoms with E-state index in [-0.39, 0.29) is 0 Å². The molecule has 2 aromatic rings. The van der Waals surface area contributed by atoms with Crippen LogP contribution in [0.3, 0.4) is 0 Å². The first kappa shape index (κ1) is 9.30. The van der Waals surface area contributed by atoms with Gasteiger partial charge in [-0.1, -0.05) is 0 Å². The maximum absolute atomic E-state index is 4.61. The number of hydrogen-bond donors (Lipinski definition) is 1. The van der Waals surface area contributed by atoms with Crippen LogP contribution >= 0.6 is 15.9 Å². The maximum atomic E-state index is 4.61. The Morgan fingerprint density at radius 3 is 3.20 bits per heavy atom. The fourth-order valence-corrected chi connectivity index (χ4v) is 2.67. The number of rotatable bonds is 1. The van der Waals surface area contributed by atoms with Gasteiger partial charge in [-0.2, -0.15) is 0 Å². The molecule has 0 bridgehead atoms. The van der Waals surface area contributed by atoms with Crippen molar-refractivity contribution < 1.29 is 0 Å². The molecule has 0 saturated carbocycles. The second-order valence-corrected chi connectivity index (χ2v) is 4.50. The SMILES string of the molecule is Brc1c(C2CCCN2)nc2ccncn12. The van der Waals surface area contributed by atoms with Crippen LogP contribution in [-0.4, -0.2) is 20.9 Å². The molecule has 2 aromatic heterocycles. The lowest BCUT2D eigenvalue weighted by Crippen LogP contribution is -2.13. The second kappa shape index (κ2) is 3.57. The average molecular weight is 267 g/mol. The van der Waals surface area contributed by atoms with E-state index in [0.29, 0.717) is 6.04 Å². The van der Waals surface area contributed by atoms with Gasteiger partial charge in [-0.05, 0) is 41.4 Å². The molecule has 0 radical (unpaired) electrons. The molecule has 0 aromatic carbocycles. The highest BCUT2D eigenvalue weighted by Gasteiger charge is 2.22. The smallest absolute Gasteiger partial charge is 0.140 e. The van der Waals surface area contributed by atoms with Crippen LogP contribution in [0.1, 0.15) is 24.6 Å². The first-order valence-electron chi connectivity index (χ1n) is 5.07. The van der Waals surface area contributed by atoms with Gasteiger partial charge in [0.25, 0.3) is 0 Å². The Balaban J connectivity index is 2.14. The van der Waals surface area contributed by atoms with E-state index in [4.69, 9.17) is 0 Å². The van der Waals surface area contributed by atoms with Crippen LogP contribution in [0, 0.1) is 0 Å². The molecule has 4 nitrogen and oxygen atoms in total. The fraction of sp³-hybridized carbons (Fsp3) is 0.400. The summed E-state index contributed by atoms with van der Waals surface area (Å²) in [5.74, 6) is 0. The van der Waals surface area contributed by atoms with Crippen molar-refractivity contribution >= 4 is 21.6 Å². The molecule has 1 unspecified atom stereocenters. The van der Waals surface area contributed by atoms with Crippen molar-refractivity contribution in [3.05, 3.63) is 28.9 Å². The molecule has 1 N–H and O–H groups in total. The third-order valence-electron chi connectivity index (χ3n) is 2.79. The third kappa shape index (κ3) is 1.46. The van der Waals surface area contributed by atoms with E-state index < -0.39 is 0 Å². The Kier molecular flexibility index (Phi) is 2.21. The van der Waals surface area contributed by atoms with Crippen LogP contribution in [0.15, 0.2) is 23.2 Å². The minimum atomic E-state index is 0.388. The van der Waals surface area contributed by atoms with E-state index in [2.05, 4.69) is 31.2 Å². The molecule has 1 saturated heterocycles. The largest absolute Gasteiger partial charge is 0.309 e. The van der Waals surface area contributed by atoms with Crippen LogP contribution in [0.2, 0.25) is 0 Å². The molecule has 3 rings (SSSR count). The van der Waals surface area contributed by atoms with Crippen LogP contribution in [-0.2, 0) is 0 Å². The van der Waals surface area contributed by atoms with Gasteiger partial charge in [-0.15, -0.1) is 0 Å². The molecule has 78 valence electrons. The number of fused-ring (bicyclic) bond motifs is 1. The highest BCUT2D eigenvalue weighted by atomic mass is 79.9. The first-order chi connectivity index (χ1) is 7.36. The molecule has 0 spiro atoms. The highest BCUT2D eigenvalue weighted by molar-refractivity contribution is 9.10. The summed E-state index contributed by atoms with van der Waals surface area (Å²) in [6.07, 6.45) is 5.94. The zero-order valence-electron chi connectivity index (χ0n) is 8.15. The third-order valence-corrected chi connectivity index (χ3v) is 3.58. The van der Waals surface area contributed by atoms with E-state index in [9.17, 15) is 0 Å². The normalized spacial score (nSPS) is 21.3. The summed E-state index contributed by atoms with van der Waals surface area (Å²) in [5.41, 5.74) is 2.04. The lowest BCUT2D eigenvalue weighted by atomic mass is 10.2. The second-order valence-electron chi connectivity index (χ2n) is 3.75. The molecular formula is C10H11BrN4. The van der Waals surface area contributed by atoms with Gasteiger partial charge in [0.2, 0.25) is 0 Å². The minimum Gasteiger partial charge on any atom is -0.309 e. The van der Waals surface area contributed by atoms with Crippen LogP contribution < -0.4 is 5.32 Å². The van der Waals surface area contributed by atoms with Gasteiger partial charge < -0.3 is 5.32 Å². The topological polar surface area (TPSA) is 42.2 Å². The van der Waals surface area contributed by atoms with Crippen molar-refractivity contribution in [3.63, 3.8) is 0 Å². The molecule has 1 aliphatic rings. The monoisotopic (exact) mass is 266 g/mol. The summed E-state index contributed by atoms with van der Waals surface area (Å²) in [6.45, 7) is 1.09. The molecule has 1 atom stereocenters.